The van der Waals surface area contributed by atoms with Gasteiger partial charge in [-0.2, -0.15) is 5.10 Å². The number of benzene rings is 1. The number of para-hydroxylation sites is 1. The van der Waals surface area contributed by atoms with Crippen LogP contribution in [-0.4, -0.2) is 64.4 Å². The average molecular weight is 345 g/mol. The van der Waals surface area contributed by atoms with Gasteiger partial charge in [0.1, 0.15) is 12.3 Å². The molecule has 1 N–H and O–H groups in total. The fourth-order valence-electron chi connectivity index (χ4n) is 3.19. The van der Waals surface area contributed by atoms with E-state index in [4.69, 9.17) is 4.74 Å². The Labute approximate surface area is 146 Å². The minimum absolute atomic E-state index is 0.0165. The van der Waals surface area contributed by atoms with E-state index in [0.717, 1.165) is 18.7 Å². The molecule has 134 valence electrons. The van der Waals surface area contributed by atoms with Gasteiger partial charge in [-0.1, -0.05) is 18.2 Å². The zero-order chi connectivity index (χ0) is 17.9. The number of likely N-dealkylation sites (tertiary alicyclic amines) is 1. The second kappa shape index (κ2) is 7.13. The van der Waals surface area contributed by atoms with E-state index in [1.165, 1.54) is 0 Å². The predicted molar refractivity (Wildman–Crippen MR) is 92.5 cm³/mol. The van der Waals surface area contributed by atoms with Gasteiger partial charge >= 0.3 is 5.97 Å². The summed E-state index contributed by atoms with van der Waals surface area (Å²) in [7, 11) is 0. The third-order valence-electron chi connectivity index (χ3n) is 4.73. The first-order valence-electron chi connectivity index (χ1n) is 8.53. The second-order valence-electron chi connectivity index (χ2n) is 6.57. The molecule has 0 unspecified atom stereocenters. The van der Waals surface area contributed by atoms with Crippen molar-refractivity contribution in [2.45, 2.75) is 31.8 Å². The molecule has 2 heterocycles. The first-order valence-corrected chi connectivity index (χ1v) is 8.53. The SMILES string of the molecule is CC1=NN(CC(=O)N2CCC(Oc3ccccc3)(C(=O)O)CC2)CC1. The summed E-state index contributed by atoms with van der Waals surface area (Å²) in [6.07, 6.45) is 1.43. The van der Waals surface area contributed by atoms with E-state index in [1.54, 1.807) is 22.0 Å². The number of hydrogen-bond acceptors (Lipinski definition) is 5. The molecule has 25 heavy (non-hydrogen) atoms. The minimum Gasteiger partial charge on any atom is -0.478 e. The quantitative estimate of drug-likeness (QED) is 0.876. The van der Waals surface area contributed by atoms with Gasteiger partial charge in [0.05, 0.1) is 0 Å². The van der Waals surface area contributed by atoms with Crippen LogP contribution < -0.4 is 4.74 Å². The van der Waals surface area contributed by atoms with Crippen LogP contribution in [0.3, 0.4) is 0 Å². The molecule has 0 spiro atoms. The molecule has 2 aliphatic rings. The number of carbonyl (C=O) groups excluding carboxylic acids is 1. The number of hydrogen-bond donors (Lipinski definition) is 1. The van der Waals surface area contributed by atoms with Crippen LogP contribution in [0.1, 0.15) is 26.2 Å². The third kappa shape index (κ3) is 3.92. The van der Waals surface area contributed by atoms with Crippen LogP contribution in [0.4, 0.5) is 0 Å². The van der Waals surface area contributed by atoms with Gasteiger partial charge in [0.2, 0.25) is 11.5 Å². The number of hydrazone groups is 1. The fraction of sp³-hybridized carbons (Fsp3) is 0.500. The van der Waals surface area contributed by atoms with Crippen molar-refractivity contribution >= 4 is 17.6 Å². The Morgan fingerprint density at radius 2 is 1.88 bits per heavy atom. The lowest BCUT2D eigenvalue weighted by Crippen LogP contribution is -2.55. The largest absolute Gasteiger partial charge is 0.478 e. The number of aliphatic carboxylic acids is 1. The number of carboxylic acid groups (broad SMARTS) is 1. The number of carboxylic acids is 1. The van der Waals surface area contributed by atoms with Gasteiger partial charge in [-0.05, 0) is 19.1 Å². The minimum atomic E-state index is -1.28. The van der Waals surface area contributed by atoms with E-state index < -0.39 is 11.6 Å². The maximum atomic E-state index is 12.4. The number of piperidine rings is 1. The van der Waals surface area contributed by atoms with Gasteiger partial charge in [-0.3, -0.25) is 9.80 Å². The van der Waals surface area contributed by atoms with Gasteiger partial charge < -0.3 is 14.7 Å². The van der Waals surface area contributed by atoms with Crippen LogP contribution in [-0.2, 0) is 9.59 Å². The van der Waals surface area contributed by atoms with Crippen LogP contribution in [0.5, 0.6) is 5.75 Å². The Morgan fingerprint density at radius 3 is 2.44 bits per heavy atom. The van der Waals surface area contributed by atoms with Crippen molar-refractivity contribution in [3.8, 4) is 5.75 Å². The molecule has 1 aromatic rings. The van der Waals surface area contributed by atoms with Crippen molar-refractivity contribution in [1.82, 2.24) is 9.91 Å². The van der Waals surface area contributed by atoms with E-state index in [-0.39, 0.29) is 25.3 Å². The van der Waals surface area contributed by atoms with Gasteiger partial charge in [0.25, 0.3) is 0 Å². The number of nitrogens with zero attached hydrogens (tertiary/aromatic N) is 3. The Kier molecular flexibility index (Phi) is 4.92. The summed E-state index contributed by atoms with van der Waals surface area (Å²) < 4.78 is 5.81. The molecule has 1 amide bonds. The van der Waals surface area contributed by atoms with Crippen LogP contribution in [0.25, 0.3) is 0 Å². The normalized spacial score (nSPS) is 19.5. The predicted octanol–water partition coefficient (Wildman–Crippen LogP) is 1.59. The summed E-state index contributed by atoms with van der Waals surface area (Å²) >= 11 is 0. The molecule has 0 saturated carbocycles. The lowest BCUT2D eigenvalue weighted by atomic mass is 9.91. The smallest absolute Gasteiger partial charge is 0.348 e. The monoisotopic (exact) mass is 345 g/mol. The van der Waals surface area contributed by atoms with Crippen LogP contribution in [0, 0.1) is 0 Å². The summed E-state index contributed by atoms with van der Waals surface area (Å²) in [5.41, 5.74) is -0.242. The maximum Gasteiger partial charge on any atom is 0.348 e. The van der Waals surface area contributed by atoms with Gasteiger partial charge in [0, 0.05) is 44.6 Å². The molecule has 1 aromatic carbocycles. The summed E-state index contributed by atoms with van der Waals surface area (Å²) in [4.78, 5) is 26.0. The Hall–Kier alpha value is -2.57. The standard InChI is InChI=1S/C18H23N3O4/c1-14-7-10-21(19-14)13-16(22)20-11-8-18(9-12-20,17(23)24)25-15-5-3-2-4-6-15/h2-6H,7-13H2,1H3,(H,23,24). The molecule has 7 nitrogen and oxygen atoms in total. The number of amides is 1. The van der Waals surface area contributed by atoms with Crippen molar-refractivity contribution in [3.63, 3.8) is 0 Å². The highest BCUT2D eigenvalue weighted by Crippen LogP contribution is 2.29. The van der Waals surface area contributed by atoms with Crippen molar-refractivity contribution in [1.29, 1.82) is 0 Å². The Morgan fingerprint density at radius 1 is 1.20 bits per heavy atom. The lowest BCUT2D eigenvalue weighted by molar-refractivity contribution is -0.162. The molecule has 1 fully saturated rings. The van der Waals surface area contributed by atoms with E-state index in [9.17, 15) is 14.7 Å². The van der Waals surface area contributed by atoms with Gasteiger partial charge in [-0.15, -0.1) is 0 Å². The van der Waals surface area contributed by atoms with Crippen molar-refractivity contribution in [3.05, 3.63) is 30.3 Å². The summed E-state index contributed by atoms with van der Waals surface area (Å²) in [5.74, 6) is -0.466. The zero-order valence-corrected chi connectivity index (χ0v) is 14.4. The maximum absolute atomic E-state index is 12.4. The molecule has 0 bridgehead atoms. The van der Waals surface area contributed by atoms with Gasteiger partial charge in [0.15, 0.2) is 0 Å². The van der Waals surface area contributed by atoms with Gasteiger partial charge in [-0.25, -0.2) is 4.79 Å². The van der Waals surface area contributed by atoms with Crippen molar-refractivity contribution in [2.24, 2.45) is 5.10 Å². The second-order valence-corrected chi connectivity index (χ2v) is 6.57. The molecule has 0 atom stereocenters. The molecule has 0 aliphatic carbocycles. The Bertz CT molecular complexity index is 666. The van der Waals surface area contributed by atoms with Crippen molar-refractivity contribution < 1.29 is 19.4 Å². The van der Waals surface area contributed by atoms with E-state index >= 15 is 0 Å². The first-order chi connectivity index (χ1) is 12.0. The number of ether oxygens (including phenoxy) is 1. The van der Waals surface area contributed by atoms with E-state index in [0.29, 0.717) is 18.8 Å². The van der Waals surface area contributed by atoms with Crippen LogP contribution in [0.15, 0.2) is 35.4 Å². The fourth-order valence-corrected chi connectivity index (χ4v) is 3.19. The highest BCUT2D eigenvalue weighted by molar-refractivity contribution is 5.84. The van der Waals surface area contributed by atoms with Crippen LogP contribution >= 0.6 is 0 Å². The van der Waals surface area contributed by atoms with E-state index in [2.05, 4.69) is 5.10 Å². The average Bonchev–Trinajstić information content (AvgIpc) is 3.01. The molecule has 0 radical (unpaired) electrons. The van der Waals surface area contributed by atoms with Crippen LogP contribution in [0.2, 0.25) is 0 Å². The first kappa shape index (κ1) is 17.3. The number of carbonyl (C=O) groups is 2. The summed E-state index contributed by atoms with van der Waals surface area (Å²) in [5, 5.41) is 15.8. The Balaban J connectivity index is 1.60. The molecular formula is C18H23N3O4. The molecule has 7 heteroatoms. The zero-order valence-electron chi connectivity index (χ0n) is 14.4. The molecule has 1 saturated heterocycles. The highest BCUT2D eigenvalue weighted by atomic mass is 16.5. The summed E-state index contributed by atoms with van der Waals surface area (Å²) in [6.45, 7) is 3.70. The molecule has 3 rings (SSSR count). The third-order valence-corrected chi connectivity index (χ3v) is 4.73. The van der Waals surface area contributed by atoms with E-state index in [1.807, 2.05) is 25.1 Å². The molecule has 0 aromatic heterocycles. The molecule has 2 aliphatic heterocycles. The topological polar surface area (TPSA) is 82.4 Å². The lowest BCUT2D eigenvalue weighted by Gasteiger charge is -2.39. The highest BCUT2D eigenvalue weighted by Gasteiger charge is 2.45. The number of rotatable bonds is 5. The van der Waals surface area contributed by atoms with Crippen molar-refractivity contribution in [2.75, 3.05) is 26.2 Å². The summed E-state index contributed by atoms with van der Waals surface area (Å²) in [6, 6.07) is 8.96. The molecular weight excluding hydrogens is 322 g/mol.